The minimum absolute atomic E-state index is 0.0540. The number of non-ortho nitro benzene ring substituents is 1. The second kappa shape index (κ2) is 7.68. The molecule has 0 amide bonds. The van der Waals surface area contributed by atoms with E-state index in [1.165, 1.54) is 24.3 Å². The standard InChI is InChI=1S/C15H20N2O6/c1-15(2,3)23-13(18)8-12(16)14(19)22-9-10-4-6-11(7-5-10)17(20)21/h4-7,12H,8-9,16H2,1-3H3. The number of nitro benzene ring substituents is 1. The number of esters is 2. The quantitative estimate of drug-likeness (QED) is 0.480. The number of rotatable bonds is 6. The number of nitro groups is 1. The average Bonchev–Trinajstić information content (AvgIpc) is 2.42. The molecule has 23 heavy (non-hydrogen) atoms. The second-order valence-corrected chi connectivity index (χ2v) is 5.93. The Hall–Kier alpha value is -2.48. The molecule has 126 valence electrons. The van der Waals surface area contributed by atoms with Crippen molar-refractivity contribution in [1.29, 1.82) is 0 Å². The lowest BCUT2D eigenvalue weighted by molar-refractivity contribution is -0.384. The van der Waals surface area contributed by atoms with E-state index in [1.807, 2.05) is 0 Å². The first kappa shape index (κ1) is 18.6. The first-order valence-electron chi connectivity index (χ1n) is 6.96. The number of nitrogens with zero attached hydrogens (tertiary/aromatic N) is 1. The van der Waals surface area contributed by atoms with Gasteiger partial charge in [-0.05, 0) is 38.5 Å². The lowest BCUT2D eigenvalue weighted by atomic mass is 10.2. The predicted octanol–water partition coefficient (Wildman–Crippen LogP) is 1.70. The fourth-order valence-electron chi connectivity index (χ4n) is 1.62. The monoisotopic (exact) mass is 324 g/mol. The first-order chi connectivity index (χ1) is 10.6. The zero-order valence-corrected chi connectivity index (χ0v) is 13.3. The number of carbonyl (C=O) groups is 2. The maximum Gasteiger partial charge on any atom is 0.323 e. The van der Waals surface area contributed by atoms with Crippen LogP contribution in [-0.2, 0) is 25.7 Å². The van der Waals surface area contributed by atoms with Gasteiger partial charge in [0.15, 0.2) is 0 Å². The molecule has 1 rings (SSSR count). The van der Waals surface area contributed by atoms with Gasteiger partial charge in [-0.3, -0.25) is 19.7 Å². The fourth-order valence-corrected chi connectivity index (χ4v) is 1.62. The molecule has 1 aromatic carbocycles. The smallest absolute Gasteiger partial charge is 0.323 e. The Morgan fingerprint density at radius 3 is 2.30 bits per heavy atom. The summed E-state index contributed by atoms with van der Waals surface area (Å²) in [7, 11) is 0. The third-order valence-corrected chi connectivity index (χ3v) is 2.64. The van der Waals surface area contributed by atoms with Gasteiger partial charge in [0.2, 0.25) is 0 Å². The van der Waals surface area contributed by atoms with Crippen molar-refractivity contribution in [2.75, 3.05) is 0 Å². The maximum absolute atomic E-state index is 11.7. The van der Waals surface area contributed by atoms with Gasteiger partial charge in [-0.2, -0.15) is 0 Å². The van der Waals surface area contributed by atoms with Crippen molar-refractivity contribution in [2.45, 2.75) is 45.4 Å². The zero-order valence-electron chi connectivity index (χ0n) is 13.3. The summed E-state index contributed by atoms with van der Waals surface area (Å²) in [6.07, 6.45) is -0.281. The molecule has 0 bridgehead atoms. The summed E-state index contributed by atoms with van der Waals surface area (Å²) in [5.74, 6) is -1.33. The fraction of sp³-hybridized carbons (Fsp3) is 0.467. The van der Waals surface area contributed by atoms with Gasteiger partial charge in [0.25, 0.3) is 5.69 Å². The highest BCUT2D eigenvalue weighted by molar-refractivity contribution is 5.82. The third-order valence-electron chi connectivity index (χ3n) is 2.64. The molecule has 0 saturated heterocycles. The van der Waals surface area contributed by atoms with Crippen molar-refractivity contribution < 1.29 is 24.0 Å². The summed E-state index contributed by atoms with van der Waals surface area (Å²) < 4.78 is 10.0. The average molecular weight is 324 g/mol. The summed E-state index contributed by atoms with van der Waals surface area (Å²) in [4.78, 5) is 33.3. The van der Waals surface area contributed by atoms with E-state index in [0.29, 0.717) is 5.56 Å². The summed E-state index contributed by atoms with van der Waals surface area (Å²) in [5.41, 5.74) is 5.47. The van der Waals surface area contributed by atoms with Crippen LogP contribution < -0.4 is 5.73 Å². The van der Waals surface area contributed by atoms with E-state index in [-0.39, 0.29) is 18.7 Å². The number of hydrogen-bond acceptors (Lipinski definition) is 7. The molecule has 0 aliphatic rings. The molecule has 0 radical (unpaired) electrons. The second-order valence-electron chi connectivity index (χ2n) is 5.93. The molecule has 0 aliphatic heterocycles. The molecule has 1 atom stereocenters. The van der Waals surface area contributed by atoms with Crippen LogP contribution in [0.4, 0.5) is 5.69 Å². The Morgan fingerprint density at radius 2 is 1.83 bits per heavy atom. The Balaban J connectivity index is 2.46. The molecule has 1 unspecified atom stereocenters. The van der Waals surface area contributed by atoms with Crippen LogP contribution in [0.15, 0.2) is 24.3 Å². The normalized spacial score (nSPS) is 12.3. The number of nitrogens with two attached hydrogens (primary N) is 1. The van der Waals surface area contributed by atoms with Gasteiger partial charge in [-0.15, -0.1) is 0 Å². The van der Waals surface area contributed by atoms with E-state index in [0.717, 1.165) is 0 Å². The molecule has 8 nitrogen and oxygen atoms in total. The maximum atomic E-state index is 11.7. The van der Waals surface area contributed by atoms with Crippen molar-refractivity contribution in [1.82, 2.24) is 0 Å². The van der Waals surface area contributed by atoms with Crippen LogP contribution in [0.5, 0.6) is 0 Å². The molecule has 2 N–H and O–H groups in total. The SMILES string of the molecule is CC(C)(C)OC(=O)CC(N)C(=O)OCc1ccc([N+](=O)[O-])cc1. The van der Waals surface area contributed by atoms with E-state index in [1.54, 1.807) is 20.8 Å². The van der Waals surface area contributed by atoms with Crippen LogP contribution in [0.2, 0.25) is 0 Å². The molecule has 0 heterocycles. The van der Waals surface area contributed by atoms with Crippen LogP contribution in [0.25, 0.3) is 0 Å². The van der Waals surface area contributed by atoms with Crippen LogP contribution in [-0.4, -0.2) is 28.5 Å². The van der Waals surface area contributed by atoms with Crippen LogP contribution in [0.1, 0.15) is 32.8 Å². The van der Waals surface area contributed by atoms with Crippen molar-refractivity contribution in [3.05, 3.63) is 39.9 Å². The topological polar surface area (TPSA) is 122 Å². The molecule has 0 aliphatic carbocycles. The number of hydrogen-bond donors (Lipinski definition) is 1. The number of carbonyl (C=O) groups excluding carboxylic acids is 2. The van der Waals surface area contributed by atoms with Crippen LogP contribution in [0.3, 0.4) is 0 Å². The van der Waals surface area contributed by atoms with Crippen LogP contribution >= 0.6 is 0 Å². The van der Waals surface area contributed by atoms with Gasteiger partial charge >= 0.3 is 11.9 Å². The first-order valence-corrected chi connectivity index (χ1v) is 6.96. The van der Waals surface area contributed by atoms with Crippen LogP contribution in [0, 0.1) is 10.1 Å². The summed E-state index contributed by atoms with van der Waals surface area (Å²) >= 11 is 0. The summed E-state index contributed by atoms with van der Waals surface area (Å²) in [5, 5.41) is 10.5. The predicted molar refractivity (Wildman–Crippen MR) is 81.3 cm³/mol. The van der Waals surface area contributed by atoms with E-state index in [9.17, 15) is 19.7 Å². The summed E-state index contributed by atoms with van der Waals surface area (Å²) in [6.45, 7) is 5.05. The molecular weight excluding hydrogens is 304 g/mol. The lowest BCUT2D eigenvalue weighted by Gasteiger charge is -2.20. The highest BCUT2D eigenvalue weighted by atomic mass is 16.6. The van der Waals surface area contributed by atoms with Gasteiger partial charge in [0, 0.05) is 12.1 Å². The van der Waals surface area contributed by atoms with E-state index in [2.05, 4.69) is 0 Å². The Bertz CT molecular complexity index is 577. The van der Waals surface area contributed by atoms with Gasteiger partial charge in [0.1, 0.15) is 18.2 Å². The summed E-state index contributed by atoms with van der Waals surface area (Å²) in [6, 6.07) is 4.45. The largest absolute Gasteiger partial charge is 0.460 e. The van der Waals surface area contributed by atoms with E-state index < -0.39 is 28.5 Å². The van der Waals surface area contributed by atoms with E-state index >= 15 is 0 Å². The highest BCUT2D eigenvalue weighted by Crippen LogP contribution is 2.13. The van der Waals surface area contributed by atoms with Gasteiger partial charge in [-0.1, -0.05) is 0 Å². The Kier molecular flexibility index (Phi) is 6.20. The Morgan fingerprint density at radius 1 is 1.26 bits per heavy atom. The lowest BCUT2D eigenvalue weighted by Crippen LogP contribution is -2.36. The van der Waals surface area contributed by atoms with Crippen molar-refractivity contribution in [2.24, 2.45) is 5.73 Å². The van der Waals surface area contributed by atoms with Crippen molar-refractivity contribution in [3.63, 3.8) is 0 Å². The molecule has 8 heteroatoms. The third kappa shape index (κ3) is 6.88. The molecule has 0 aromatic heterocycles. The number of benzene rings is 1. The molecule has 0 fully saturated rings. The minimum Gasteiger partial charge on any atom is -0.460 e. The molecule has 0 saturated carbocycles. The van der Waals surface area contributed by atoms with Crippen molar-refractivity contribution >= 4 is 17.6 Å². The zero-order chi connectivity index (χ0) is 17.6. The Labute approximate surface area is 133 Å². The molecule has 0 spiro atoms. The van der Waals surface area contributed by atoms with Gasteiger partial charge in [0.05, 0.1) is 11.3 Å². The number of ether oxygens (including phenoxy) is 2. The van der Waals surface area contributed by atoms with Crippen molar-refractivity contribution in [3.8, 4) is 0 Å². The molecular formula is C15H20N2O6. The van der Waals surface area contributed by atoms with Gasteiger partial charge < -0.3 is 15.2 Å². The minimum atomic E-state index is -1.12. The molecule has 1 aromatic rings. The van der Waals surface area contributed by atoms with E-state index in [4.69, 9.17) is 15.2 Å². The highest BCUT2D eigenvalue weighted by Gasteiger charge is 2.23. The van der Waals surface area contributed by atoms with Gasteiger partial charge in [-0.25, -0.2) is 0 Å².